The third-order valence-corrected chi connectivity index (χ3v) is 4.47. The minimum absolute atomic E-state index is 0.0120. The van der Waals surface area contributed by atoms with Gasteiger partial charge in [0, 0.05) is 24.4 Å². The number of rotatable bonds is 9. The van der Waals surface area contributed by atoms with Gasteiger partial charge in [-0.1, -0.05) is 42.3 Å². The second-order valence-corrected chi connectivity index (χ2v) is 6.36. The molecule has 0 atom stereocenters. The van der Waals surface area contributed by atoms with Crippen LogP contribution < -0.4 is 14.2 Å². The first-order chi connectivity index (χ1) is 13.0. The Hall–Kier alpha value is -2.24. The summed E-state index contributed by atoms with van der Waals surface area (Å²) in [6.45, 7) is 2.37. The molecule has 0 spiro atoms. The maximum atomic E-state index is 12.9. The predicted octanol–water partition coefficient (Wildman–Crippen LogP) is 5.18. The van der Waals surface area contributed by atoms with Crippen LogP contribution >= 0.6 is 23.2 Å². The molecule has 0 radical (unpaired) electrons. The molecule has 0 aliphatic heterocycles. The fourth-order valence-electron chi connectivity index (χ4n) is 2.49. The van der Waals surface area contributed by atoms with Crippen molar-refractivity contribution in [3.8, 4) is 17.2 Å². The number of allylic oxidation sites excluding steroid dienone is 1. The van der Waals surface area contributed by atoms with Crippen LogP contribution in [-0.2, 0) is 6.42 Å². The van der Waals surface area contributed by atoms with Crippen LogP contribution in [0.25, 0.3) is 0 Å². The summed E-state index contributed by atoms with van der Waals surface area (Å²) in [6, 6.07) is 3.31. The smallest absolute Gasteiger partial charge is 0.204 e. The van der Waals surface area contributed by atoms with E-state index < -0.39 is 0 Å². The first-order valence-electron chi connectivity index (χ1n) is 8.37. The fourth-order valence-corrected chi connectivity index (χ4v) is 2.99. The second-order valence-electron chi connectivity index (χ2n) is 5.55. The molecule has 2 rings (SSSR count). The van der Waals surface area contributed by atoms with Gasteiger partial charge in [0.15, 0.2) is 17.3 Å². The Morgan fingerprint density at radius 3 is 2.37 bits per heavy atom. The van der Waals surface area contributed by atoms with Gasteiger partial charge >= 0.3 is 0 Å². The van der Waals surface area contributed by atoms with Gasteiger partial charge in [0.05, 0.1) is 29.8 Å². The molecule has 1 aromatic carbocycles. The number of aromatic nitrogens is 1. The van der Waals surface area contributed by atoms with Gasteiger partial charge < -0.3 is 14.2 Å². The van der Waals surface area contributed by atoms with Gasteiger partial charge in [-0.15, -0.1) is 0 Å². The SMILES string of the molecule is CC/C=C/COc1c(OC)ccc(C(=O)Cc2c(Cl)cncc2Cl)c1OC. The molecule has 0 N–H and O–H groups in total. The number of ketones is 1. The van der Waals surface area contributed by atoms with Crippen molar-refractivity contribution in [2.24, 2.45) is 0 Å². The van der Waals surface area contributed by atoms with E-state index >= 15 is 0 Å². The Bertz CT molecular complexity index is 817. The van der Waals surface area contributed by atoms with E-state index in [2.05, 4.69) is 4.98 Å². The van der Waals surface area contributed by atoms with Gasteiger partial charge in [0.1, 0.15) is 6.61 Å². The zero-order valence-electron chi connectivity index (χ0n) is 15.4. The van der Waals surface area contributed by atoms with Crippen molar-refractivity contribution in [3.05, 3.63) is 57.9 Å². The number of ether oxygens (including phenoxy) is 3. The normalized spacial score (nSPS) is 10.9. The van der Waals surface area contributed by atoms with Crippen molar-refractivity contribution in [2.45, 2.75) is 19.8 Å². The summed E-state index contributed by atoms with van der Waals surface area (Å²) >= 11 is 12.3. The third kappa shape index (κ3) is 5.15. The number of carbonyl (C=O) groups is 1. The molecule has 0 amide bonds. The van der Waals surface area contributed by atoms with Gasteiger partial charge in [-0.3, -0.25) is 9.78 Å². The van der Waals surface area contributed by atoms with Crippen LogP contribution in [0.3, 0.4) is 0 Å². The van der Waals surface area contributed by atoms with Crippen molar-refractivity contribution >= 4 is 29.0 Å². The van der Waals surface area contributed by atoms with Crippen LogP contribution in [0.2, 0.25) is 10.0 Å². The lowest BCUT2D eigenvalue weighted by molar-refractivity contribution is 0.0989. The third-order valence-electron chi connectivity index (χ3n) is 3.82. The molecule has 1 heterocycles. The van der Waals surface area contributed by atoms with Crippen LogP contribution in [0.5, 0.6) is 17.2 Å². The Morgan fingerprint density at radius 2 is 1.78 bits per heavy atom. The minimum atomic E-state index is -0.210. The fraction of sp³-hybridized carbons (Fsp3) is 0.300. The summed E-state index contributed by atoms with van der Waals surface area (Å²) in [7, 11) is 3.01. The standard InChI is InChI=1S/C20H21Cl2NO4/c1-4-5-6-9-27-20-18(25-2)8-7-13(19(20)26-3)17(24)10-14-15(21)11-23-12-16(14)22/h5-8,11-12H,4,9-10H2,1-3H3/b6-5+. The maximum absolute atomic E-state index is 12.9. The van der Waals surface area contributed by atoms with Crippen molar-refractivity contribution < 1.29 is 19.0 Å². The molecular weight excluding hydrogens is 389 g/mol. The Balaban J connectivity index is 2.38. The first-order valence-corrected chi connectivity index (χ1v) is 9.12. The number of Topliss-reactive ketones (excluding diaryl/α,β-unsaturated/α-hetero) is 1. The highest BCUT2D eigenvalue weighted by molar-refractivity contribution is 6.36. The molecule has 144 valence electrons. The molecule has 1 aromatic heterocycles. The van der Waals surface area contributed by atoms with E-state index in [0.717, 1.165) is 6.42 Å². The molecule has 7 heteroatoms. The van der Waals surface area contributed by atoms with E-state index in [0.29, 0.717) is 45.0 Å². The van der Waals surface area contributed by atoms with E-state index in [1.54, 1.807) is 12.1 Å². The quantitative estimate of drug-likeness (QED) is 0.421. The molecule has 0 fully saturated rings. The lowest BCUT2D eigenvalue weighted by atomic mass is 10.0. The molecule has 2 aromatic rings. The summed E-state index contributed by atoms with van der Waals surface area (Å²) < 4.78 is 16.6. The van der Waals surface area contributed by atoms with Gasteiger partial charge in [-0.05, 0) is 18.6 Å². The molecule has 0 saturated carbocycles. The number of nitrogens with zero attached hydrogens (tertiary/aromatic N) is 1. The Morgan fingerprint density at radius 1 is 1.07 bits per heavy atom. The highest BCUT2D eigenvalue weighted by Crippen LogP contribution is 2.41. The second kappa shape index (κ2) is 10.2. The average molecular weight is 410 g/mol. The van der Waals surface area contributed by atoms with Crippen molar-refractivity contribution in [2.75, 3.05) is 20.8 Å². The number of hydrogen-bond acceptors (Lipinski definition) is 5. The lowest BCUT2D eigenvalue weighted by Gasteiger charge is -2.16. The topological polar surface area (TPSA) is 57.7 Å². The van der Waals surface area contributed by atoms with Crippen molar-refractivity contribution in [1.82, 2.24) is 4.98 Å². The summed E-state index contributed by atoms with van der Waals surface area (Å²) in [5, 5.41) is 0.675. The molecular formula is C20H21Cl2NO4. The Kier molecular flexibility index (Phi) is 7.95. The van der Waals surface area contributed by atoms with E-state index in [4.69, 9.17) is 37.4 Å². The lowest BCUT2D eigenvalue weighted by Crippen LogP contribution is -2.09. The minimum Gasteiger partial charge on any atom is -0.493 e. The number of carbonyl (C=O) groups excluding carboxylic acids is 1. The first kappa shape index (κ1) is 21.1. The zero-order valence-corrected chi connectivity index (χ0v) is 16.9. The summed E-state index contributed by atoms with van der Waals surface area (Å²) in [5.74, 6) is 0.954. The highest BCUT2D eigenvalue weighted by Gasteiger charge is 2.22. The number of hydrogen-bond donors (Lipinski definition) is 0. The van der Waals surface area contributed by atoms with Gasteiger partial charge in [0.25, 0.3) is 0 Å². The molecule has 5 nitrogen and oxygen atoms in total. The molecule has 0 aliphatic carbocycles. The van der Waals surface area contributed by atoms with Crippen LogP contribution in [0, 0.1) is 0 Å². The van der Waals surface area contributed by atoms with Crippen LogP contribution in [-0.4, -0.2) is 31.6 Å². The van der Waals surface area contributed by atoms with E-state index in [1.165, 1.54) is 26.6 Å². The van der Waals surface area contributed by atoms with Crippen LogP contribution in [0.1, 0.15) is 29.3 Å². The molecule has 0 bridgehead atoms. The number of pyridine rings is 1. The van der Waals surface area contributed by atoms with E-state index in [-0.39, 0.29) is 12.2 Å². The number of halogens is 2. The van der Waals surface area contributed by atoms with Crippen LogP contribution in [0.15, 0.2) is 36.7 Å². The predicted molar refractivity (Wildman–Crippen MR) is 107 cm³/mol. The van der Waals surface area contributed by atoms with Gasteiger partial charge in [-0.25, -0.2) is 0 Å². The average Bonchev–Trinajstić information content (AvgIpc) is 2.67. The van der Waals surface area contributed by atoms with Gasteiger partial charge in [0.2, 0.25) is 5.75 Å². The van der Waals surface area contributed by atoms with E-state index in [1.807, 2.05) is 19.1 Å². The largest absolute Gasteiger partial charge is 0.493 e. The number of benzene rings is 1. The van der Waals surface area contributed by atoms with E-state index in [9.17, 15) is 4.79 Å². The van der Waals surface area contributed by atoms with Crippen molar-refractivity contribution in [3.63, 3.8) is 0 Å². The molecule has 0 aliphatic rings. The monoisotopic (exact) mass is 409 g/mol. The maximum Gasteiger partial charge on any atom is 0.204 e. The Labute approximate surface area is 168 Å². The number of methoxy groups -OCH3 is 2. The highest BCUT2D eigenvalue weighted by atomic mass is 35.5. The molecule has 27 heavy (non-hydrogen) atoms. The zero-order chi connectivity index (χ0) is 19.8. The summed E-state index contributed by atoms with van der Waals surface area (Å²) in [6.07, 6.45) is 7.71. The van der Waals surface area contributed by atoms with Gasteiger partial charge in [-0.2, -0.15) is 0 Å². The molecule has 0 saturated heterocycles. The molecule has 0 unspecified atom stereocenters. The van der Waals surface area contributed by atoms with Crippen molar-refractivity contribution in [1.29, 1.82) is 0 Å². The summed E-state index contributed by atoms with van der Waals surface area (Å²) in [5.41, 5.74) is 0.876. The van der Waals surface area contributed by atoms with Crippen LogP contribution in [0.4, 0.5) is 0 Å². The summed E-state index contributed by atoms with van der Waals surface area (Å²) in [4.78, 5) is 16.8.